The smallest absolute Gasteiger partial charge is 0.274 e. The van der Waals surface area contributed by atoms with Crippen molar-refractivity contribution in [2.75, 3.05) is 62.3 Å². The van der Waals surface area contributed by atoms with Gasteiger partial charge in [-0.25, -0.2) is 28.7 Å². The largest absolute Gasteiger partial charge is 0.387 e. The summed E-state index contributed by atoms with van der Waals surface area (Å²) in [6, 6.07) is 23.4. The van der Waals surface area contributed by atoms with E-state index in [1.807, 2.05) is 71.1 Å². The fourth-order valence-electron chi connectivity index (χ4n) is 10.3. The molecule has 384 valence electrons. The summed E-state index contributed by atoms with van der Waals surface area (Å²) in [4.78, 5) is 75.2. The van der Waals surface area contributed by atoms with Crippen LogP contribution in [0.2, 0.25) is 0 Å². The number of amides is 2. The first kappa shape index (κ1) is 50.8. The number of nitrogens with zero attached hydrogens (tertiary/aromatic N) is 12. The normalized spacial score (nSPS) is 16.8. The second-order valence-corrected chi connectivity index (χ2v) is 18.8. The Morgan fingerprint density at radius 3 is 1.27 bits per heavy atom. The van der Waals surface area contributed by atoms with Crippen molar-refractivity contribution < 1.29 is 28.6 Å². The molecule has 8 aromatic rings. The molecule has 2 N–H and O–H groups in total. The topological polar surface area (TPSA) is 193 Å². The van der Waals surface area contributed by atoms with E-state index >= 15 is 0 Å². The van der Waals surface area contributed by atoms with Crippen LogP contribution in [0.5, 0.6) is 0 Å². The van der Waals surface area contributed by atoms with Gasteiger partial charge >= 0.3 is 0 Å². The number of rotatable bonds is 10. The summed E-state index contributed by atoms with van der Waals surface area (Å²) in [5.74, 6) is -0.0548. The minimum atomic E-state index is -0.492. The highest BCUT2D eigenvalue weighted by Gasteiger charge is 2.30. The van der Waals surface area contributed by atoms with Crippen LogP contribution in [0.4, 0.5) is 20.7 Å². The number of aliphatic hydroxyl groups is 2. The van der Waals surface area contributed by atoms with E-state index in [9.17, 15) is 28.0 Å². The third-order valence-electron chi connectivity index (χ3n) is 14.3. The lowest BCUT2D eigenvalue weighted by atomic mass is 10.1. The summed E-state index contributed by atoms with van der Waals surface area (Å²) < 4.78 is 35.8. The summed E-state index contributed by atoms with van der Waals surface area (Å²) in [6.45, 7) is 9.91. The van der Waals surface area contributed by atoms with Gasteiger partial charge in [0.05, 0.1) is 33.9 Å². The molecule has 2 aliphatic heterocycles. The Hall–Kier alpha value is -8.10. The van der Waals surface area contributed by atoms with E-state index in [1.54, 1.807) is 97.2 Å². The fourth-order valence-corrected chi connectivity index (χ4v) is 10.3. The zero-order valence-electron chi connectivity index (χ0n) is 42.0. The maximum absolute atomic E-state index is 14.6. The third kappa shape index (κ3) is 9.65. The molecule has 2 aliphatic rings. The first-order valence-electron chi connectivity index (χ1n) is 24.5. The van der Waals surface area contributed by atoms with Gasteiger partial charge in [-0.05, 0) is 75.2 Å². The van der Waals surface area contributed by atoms with E-state index in [2.05, 4.69) is 19.9 Å². The first-order chi connectivity index (χ1) is 35.6. The van der Waals surface area contributed by atoms with Gasteiger partial charge in [0.15, 0.2) is 0 Å². The van der Waals surface area contributed by atoms with Gasteiger partial charge in [0.1, 0.15) is 24.8 Å². The van der Waals surface area contributed by atoms with Crippen LogP contribution in [-0.2, 0) is 23.7 Å². The second kappa shape index (κ2) is 21.2. The molecule has 1 unspecified atom stereocenters. The fraction of sp³-hybridized carbons (Fsp3) is 0.333. The maximum Gasteiger partial charge on any atom is 0.274 e. The number of anilines is 2. The van der Waals surface area contributed by atoms with E-state index in [1.165, 1.54) is 21.5 Å². The van der Waals surface area contributed by atoms with Crippen LogP contribution in [0.3, 0.4) is 0 Å². The monoisotopic (exact) mass is 1010 g/mol. The molecule has 0 radical (unpaired) electrons. The molecule has 20 heteroatoms. The lowest BCUT2D eigenvalue weighted by Crippen LogP contribution is -2.55. The van der Waals surface area contributed by atoms with Gasteiger partial charge in [0, 0.05) is 112 Å². The standard InChI is InChI=1S/2C27H29FN6O3/c2*1-17-15-32(10-11-33(17)25(36)16-35)27-29-13-20(14-30-27)19-8-9-22-24(12-19)34(31(3)26(22)37)18(2)21-6-4-5-7-23(21)28/h2*4-9,12-14,17-18,35H,10-11,15-16H2,1-3H3/t17-,18?;17-,18+/m11/s1. The third-order valence-corrected chi connectivity index (χ3v) is 14.3. The zero-order valence-corrected chi connectivity index (χ0v) is 42.0. The van der Waals surface area contributed by atoms with E-state index in [0.29, 0.717) is 84.1 Å². The molecule has 0 bridgehead atoms. The van der Waals surface area contributed by atoms with Crippen molar-refractivity contribution in [1.82, 2.24) is 48.5 Å². The molecule has 10 rings (SSSR count). The van der Waals surface area contributed by atoms with Crippen LogP contribution < -0.4 is 20.9 Å². The molecule has 4 aromatic carbocycles. The minimum absolute atomic E-state index is 0.0645. The van der Waals surface area contributed by atoms with Crippen molar-refractivity contribution in [3.05, 3.63) is 153 Å². The Morgan fingerprint density at radius 2 is 0.932 bits per heavy atom. The molecule has 2 fully saturated rings. The van der Waals surface area contributed by atoms with Gasteiger partial charge in [-0.3, -0.25) is 37.9 Å². The second-order valence-electron chi connectivity index (χ2n) is 18.8. The maximum atomic E-state index is 14.6. The Kier molecular flexibility index (Phi) is 14.5. The molecule has 74 heavy (non-hydrogen) atoms. The van der Waals surface area contributed by atoms with E-state index < -0.39 is 25.3 Å². The molecule has 4 aromatic heterocycles. The summed E-state index contributed by atoms with van der Waals surface area (Å²) >= 11 is 0. The Bertz CT molecular complexity index is 3260. The number of halogens is 2. The first-order valence-corrected chi connectivity index (χ1v) is 24.5. The van der Waals surface area contributed by atoms with Crippen LogP contribution in [0.15, 0.2) is 119 Å². The SMILES string of the molecule is CC(c1ccccc1F)n1c2cc(-c3cnc(N4CCN(C(=O)CO)[C@H](C)C4)nc3)ccc2c(=O)n1C.C[C@@H]1CN(c2ncc(-c3ccc4c(=O)n(C)n([C@@H](C)c5ccccc5F)c4c3)cn2)CCN1C(=O)CO. The van der Waals surface area contributed by atoms with Crippen molar-refractivity contribution in [2.24, 2.45) is 14.1 Å². The van der Waals surface area contributed by atoms with Gasteiger partial charge in [-0.1, -0.05) is 48.5 Å². The van der Waals surface area contributed by atoms with E-state index in [0.717, 1.165) is 22.3 Å². The molecule has 0 spiro atoms. The number of piperazine rings is 2. The van der Waals surface area contributed by atoms with Crippen LogP contribution in [0.1, 0.15) is 50.9 Å². The van der Waals surface area contributed by atoms with Crippen molar-refractivity contribution in [3.8, 4) is 22.3 Å². The molecule has 2 amide bonds. The number of aromatic nitrogens is 8. The number of hydrogen-bond acceptors (Lipinski definition) is 12. The zero-order chi connectivity index (χ0) is 52.5. The Labute approximate surface area is 424 Å². The minimum Gasteiger partial charge on any atom is -0.387 e. The highest BCUT2D eigenvalue weighted by molar-refractivity contribution is 5.86. The predicted molar refractivity (Wildman–Crippen MR) is 278 cm³/mol. The molecule has 18 nitrogen and oxygen atoms in total. The summed E-state index contributed by atoms with van der Waals surface area (Å²) in [5.41, 5.74) is 5.35. The lowest BCUT2D eigenvalue weighted by Gasteiger charge is -2.39. The summed E-state index contributed by atoms with van der Waals surface area (Å²) in [6.07, 6.45) is 6.96. The average Bonchev–Trinajstić information content (AvgIpc) is 3.83. The van der Waals surface area contributed by atoms with Gasteiger partial charge in [-0.2, -0.15) is 0 Å². The number of aliphatic hydroxyl groups excluding tert-OH is 2. The van der Waals surface area contributed by atoms with Crippen molar-refractivity contribution in [1.29, 1.82) is 0 Å². The molecular formula is C54H58F2N12O6. The molecule has 2 saturated heterocycles. The van der Waals surface area contributed by atoms with Crippen LogP contribution in [-0.4, -0.2) is 135 Å². The molecule has 0 saturated carbocycles. The summed E-state index contributed by atoms with van der Waals surface area (Å²) in [5, 5.41) is 19.4. The molecular weight excluding hydrogens is 951 g/mol. The van der Waals surface area contributed by atoms with E-state index in [4.69, 9.17) is 10.2 Å². The number of carbonyl (C=O) groups is 2. The predicted octanol–water partition coefficient (Wildman–Crippen LogP) is 5.15. The number of hydrogen-bond donors (Lipinski definition) is 2. The molecule has 4 atom stereocenters. The Morgan fingerprint density at radius 1 is 0.568 bits per heavy atom. The number of fused-ring (bicyclic) bond motifs is 2. The van der Waals surface area contributed by atoms with Crippen molar-refractivity contribution in [2.45, 2.75) is 51.9 Å². The average molecular weight is 1010 g/mol. The quantitative estimate of drug-likeness (QED) is 0.184. The van der Waals surface area contributed by atoms with Crippen molar-refractivity contribution in [3.63, 3.8) is 0 Å². The molecule has 0 aliphatic carbocycles. The Balaban J connectivity index is 0.000000182. The highest BCUT2D eigenvalue weighted by atomic mass is 19.1. The van der Waals surface area contributed by atoms with Crippen LogP contribution >= 0.6 is 0 Å². The van der Waals surface area contributed by atoms with Crippen molar-refractivity contribution >= 4 is 45.5 Å². The van der Waals surface area contributed by atoms with Crippen LogP contribution in [0, 0.1) is 11.6 Å². The highest BCUT2D eigenvalue weighted by Crippen LogP contribution is 2.31. The summed E-state index contributed by atoms with van der Waals surface area (Å²) in [7, 11) is 3.37. The van der Waals surface area contributed by atoms with E-state index in [-0.39, 0.29) is 46.7 Å². The van der Waals surface area contributed by atoms with Gasteiger partial charge < -0.3 is 29.8 Å². The van der Waals surface area contributed by atoms with Gasteiger partial charge in [-0.15, -0.1) is 0 Å². The number of benzene rings is 4. The van der Waals surface area contributed by atoms with Gasteiger partial charge in [0.2, 0.25) is 23.7 Å². The number of carbonyl (C=O) groups excluding carboxylic acids is 2. The lowest BCUT2D eigenvalue weighted by molar-refractivity contribution is -0.137. The molecule has 6 heterocycles. The van der Waals surface area contributed by atoms with Gasteiger partial charge in [0.25, 0.3) is 11.1 Å². The van der Waals surface area contributed by atoms with Crippen LogP contribution in [0.25, 0.3) is 44.1 Å².